The summed E-state index contributed by atoms with van der Waals surface area (Å²) in [7, 11) is 0. The molecular weight excluding hydrogens is 967 g/mol. The number of hydrogen-bond donors (Lipinski definition) is 0. The van der Waals surface area contributed by atoms with Crippen LogP contribution in [0.4, 0.5) is 22.7 Å². The molecule has 5 aromatic heterocycles. The number of nitrogens with zero attached hydrogens (tertiary/aromatic N) is 7. The second-order valence-corrected chi connectivity index (χ2v) is 23.8. The minimum Gasteiger partial charge on any atom is -0.457 e. The first-order valence-corrected chi connectivity index (χ1v) is 27.6. The van der Waals surface area contributed by atoms with Crippen molar-refractivity contribution in [2.75, 3.05) is 16.5 Å². The summed E-state index contributed by atoms with van der Waals surface area (Å²) in [4.78, 5) is 14.8. The normalized spacial score (nSPS) is 13.1. The molecular formula is C71H63N7O. The maximum atomic E-state index is 6.95. The van der Waals surface area contributed by atoms with Crippen LogP contribution < -0.4 is 14.5 Å². The molecule has 0 saturated heterocycles. The molecule has 388 valence electrons. The van der Waals surface area contributed by atoms with E-state index in [1.807, 2.05) is 18.6 Å². The summed E-state index contributed by atoms with van der Waals surface area (Å²) in [5, 5.41) is 7.28. The minimum absolute atomic E-state index is 0.0319. The zero-order valence-electron chi connectivity index (χ0n) is 46.6. The van der Waals surface area contributed by atoms with Gasteiger partial charge in [0, 0.05) is 62.5 Å². The molecule has 8 nitrogen and oxygen atoms in total. The van der Waals surface area contributed by atoms with Gasteiger partial charge in [0.05, 0.1) is 67.7 Å². The average molecular weight is 1030 g/mol. The van der Waals surface area contributed by atoms with Crippen LogP contribution in [0, 0.1) is 27.7 Å². The molecule has 8 aromatic carbocycles. The van der Waals surface area contributed by atoms with Crippen LogP contribution >= 0.6 is 0 Å². The van der Waals surface area contributed by atoms with Crippen LogP contribution in [0.5, 0.6) is 11.5 Å². The molecule has 79 heavy (non-hydrogen) atoms. The molecule has 14 rings (SSSR count). The van der Waals surface area contributed by atoms with Gasteiger partial charge in [-0.3, -0.25) is 9.55 Å². The molecule has 0 aliphatic carbocycles. The summed E-state index contributed by atoms with van der Waals surface area (Å²) in [6, 6.07) is 62.0. The Hall–Kier alpha value is -9.14. The Morgan fingerprint density at radius 2 is 0.937 bits per heavy atom. The van der Waals surface area contributed by atoms with Crippen molar-refractivity contribution < 1.29 is 4.74 Å². The van der Waals surface area contributed by atoms with E-state index in [9.17, 15) is 0 Å². The third-order valence-electron chi connectivity index (χ3n) is 16.6. The lowest BCUT2D eigenvalue weighted by Crippen LogP contribution is -2.27. The van der Waals surface area contributed by atoms with Crippen molar-refractivity contribution in [1.82, 2.24) is 23.7 Å². The van der Waals surface area contributed by atoms with Crippen molar-refractivity contribution in [3.63, 3.8) is 0 Å². The van der Waals surface area contributed by atoms with E-state index in [-0.39, 0.29) is 10.8 Å². The fraction of sp³-hybridized carbons (Fsp3) is 0.183. The number of ether oxygens (including phenoxy) is 1. The van der Waals surface area contributed by atoms with Crippen LogP contribution in [-0.2, 0) is 10.8 Å². The van der Waals surface area contributed by atoms with E-state index in [1.165, 1.54) is 82.4 Å². The Labute approximate surface area is 461 Å². The SMILES string of the molecule is Cc1cccc2c3cccc(C)c3n(-c3cc(C(C)(C)C)cc(-n4c5c(C)cccc5c5cccc(C)c54)c3N3CN(c4cccc(Oc5ccc6c7ccccc7n(-c7cc(C(C)(C)C)ccn7)c6c5)c4)c4ccncc43)c12. The molecule has 6 heterocycles. The molecule has 0 fully saturated rings. The Kier molecular flexibility index (Phi) is 10.8. The van der Waals surface area contributed by atoms with E-state index in [0.717, 1.165) is 67.9 Å². The molecule has 0 radical (unpaired) electrons. The van der Waals surface area contributed by atoms with Gasteiger partial charge in [-0.05, 0) is 133 Å². The summed E-state index contributed by atoms with van der Waals surface area (Å²) in [6.45, 7) is 23.3. The van der Waals surface area contributed by atoms with Crippen LogP contribution in [0.15, 0.2) is 188 Å². The molecule has 0 bridgehead atoms. The van der Waals surface area contributed by atoms with Crippen LogP contribution in [0.3, 0.4) is 0 Å². The third-order valence-corrected chi connectivity index (χ3v) is 16.6. The first-order valence-electron chi connectivity index (χ1n) is 27.6. The van der Waals surface area contributed by atoms with E-state index in [4.69, 9.17) is 14.7 Å². The smallest absolute Gasteiger partial charge is 0.137 e. The molecule has 8 heteroatoms. The van der Waals surface area contributed by atoms with Crippen molar-refractivity contribution in [3.8, 4) is 28.7 Å². The predicted molar refractivity (Wildman–Crippen MR) is 330 cm³/mol. The van der Waals surface area contributed by atoms with E-state index in [2.05, 4.69) is 263 Å². The zero-order chi connectivity index (χ0) is 54.2. The van der Waals surface area contributed by atoms with Gasteiger partial charge in [-0.1, -0.05) is 139 Å². The Morgan fingerprint density at radius 3 is 1.52 bits per heavy atom. The van der Waals surface area contributed by atoms with E-state index < -0.39 is 0 Å². The highest BCUT2D eigenvalue weighted by molar-refractivity contribution is 6.14. The molecule has 1 aliphatic rings. The minimum atomic E-state index is -0.208. The van der Waals surface area contributed by atoms with Crippen LogP contribution in [-0.4, -0.2) is 30.3 Å². The molecule has 0 amide bonds. The lowest BCUT2D eigenvalue weighted by atomic mass is 9.85. The monoisotopic (exact) mass is 1030 g/mol. The van der Waals surface area contributed by atoms with E-state index in [1.54, 1.807) is 0 Å². The Bertz CT molecular complexity index is 4390. The molecule has 0 unspecified atom stereocenters. The van der Waals surface area contributed by atoms with Gasteiger partial charge in [0.1, 0.15) is 24.0 Å². The van der Waals surface area contributed by atoms with Gasteiger partial charge < -0.3 is 23.7 Å². The summed E-state index contributed by atoms with van der Waals surface area (Å²) >= 11 is 0. The van der Waals surface area contributed by atoms with Gasteiger partial charge in [-0.2, -0.15) is 0 Å². The van der Waals surface area contributed by atoms with Crippen molar-refractivity contribution >= 4 is 88.2 Å². The predicted octanol–water partition coefficient (Wildman–Crippen LogP) is 18.6. The molecule has 1 aliphatic heterocycles. The van der Waals surface area contributed by atoms with Crippen molar-refractivity contribution in [2.24, 2.45) is 0 Å². The summed E-state index contributed by atoms with van der Waals surface area (Å²) in [5.41, 5.74) is 20.5. The number of benzene rings is 8. The fourth-order valence-corrected chi connectivity index (χ4v) is 12.7. The molecule has 0 saturated carbocycles. The second-order valence-electron chi connectivity index (χ2n) is 23.8. The highest BCUT2D eigenvalue weighted by atomic mass is 16.5. The number of fused-ring (bicyclic) bond motifs is 10. The highest BCUT2D eigenvalue weighted by Crippen LogP contribution is 2.52. The number of para-hydroxylation sites is 5. The highest BCUT2D eigenvalue weighted by Gasteiger charge is 2.36. The van der Waals surface area contributed by atoms with Gasteiger partial charge in [0.15, 0.2) is 0 Å². The van der Waals surface area contributed by atoms with Gasteiger partial charge in [-0.15, -0.1) is 0 Å². The van der Waals surface area contributed by atoms with E-state index >= 15 is 0 Å². The van der Waals surface area contributed by atoms with E-state index in [0.29, 0.717) is 6.67 Å². The summed E-state index contributed by atoms with van der Waals surface area (Å²) in [6.07, 6.45) is 5.89. The molecule has 0 atom stereocenters. The van der Waals surface area contributed by atoms with Crippen molar-refractivity contribution in [2.45, 2.75) is 80.1 Å². The molecule has 0 spiro atoms. The van der Waals surface area contributed by atoms with Crippen molar-refractivity contribution in [3.05, 3.63) is 222 Å². The lowest BCUT2D eigenvalue weighted by molar-refractivity contribution is 0.483. The topological polar surface area (TPSA) is 56.3 Å². The van der Waals surface area contributed by atoms with Crippen LogP contribution in [0.1, 0.15) is 74.9 Å². The van der Waals surface area contributed by atoms with Crippen LogP contribution in [0.2, 0.25) is 0 Å². The number of aryl methyl sites for hydroxylation is 4. The largest absolute Gasteiger partial charge is 0.457 e. The second kappa shape index (κ2) is 17.7. The maximum Gasteiger partial charge on any atom is 0.137 e. The number of anilines is 4. The lowest BCUT2D eigenvalue weighted by Gasteiger charge is -2.31. The maximum absolute atomic E-state index is 6.95. The number of pyridine rings is 2. The molecule has 0 N–H and O–H groups in total. The Balaban J connectivity index is 0.971. The van der Waals surface area contributed by atoms with Crippen LogP contribution in [0.25, 0.3) is 82.6 Å². The van der Waals surface area contributed by atoms with Gasteiger partial charge in [-0.25, -0.2) is 4.98 Å². The summed E-state index contributed by atoms with van der Waals surface area (Å²) < 4.78 is 14.4. The fourth-order valence-electron chi connectivity index (χ4n) is 12.7. The van der Waals surface area contributed by atoms with Gasteiger partial charge >= 0.3 is 0 Å². The average Bonchev–Trinajstić information content (AvgIpc) is 4.10. The number of rotatable bonds is 7. The summed E-state index contributed by atoms with van der Waals surface area (Å²) in [5.74, 6) is 2.37. The standard InChI is InChI=1S/C71H63N7O/c1-43-18-13-25-54-55-26-14-19-44(2)66(55)77(65(43)54)61-36-48(71(8,9)10)37-62(78-67-45(3)20-15-27-56(67)57-28-16-21-46(4)68(57)78)69(61)75-42-74(59-33-34-72-41-63(59)75)49-22-17-23-50(39-49)79-51-30-31-53-52-24-11-12-29-58(52)76(60(53)40-51)64-38-47(32-35-73-64)70(5,6)7/h11-41H,42H2,1-10H3. The molecule has 13 aromatic rings. The van der Waals surface area contributed by atoms with Gasteiger partial charge in [0.25, 0.3) is 0 Å². The third kappa shape index (κ3) is 7.55. The first kappa shape index (κ1) is 48.2. The van der Waals surface area contributed by atoms with Gasteiger partial charge in [0.2, 0.25) is 0 Å². The first-order chi connectivity index (χ1) is 38.1. The number of aromatic nitrogens is 5. The zero-order valence-corrected chi connectivity index (χ0v) is 46.6. The van der Waals surface area contributed by atoms with Crippen molar-refractivity contribution in [1.29, 1.82) is 0 Å². The quantitative estimate of drug-likeness (QED) is 0.159. The Morgan fingerprint density at radius 1 is 0.405 bits per heavy atom. The number of hydrogen-bond acceptors (Lipinski definition) is 5.